The van der Waals surface area contributed by atoms with Crippen LogP contribution in [0.25, 0.3) is 0 Å². The number of aryl methyl sites for hydroxylation is 2. The number of benzene rings is 1. The maximum Gasteiger partial charge on any atom is 0.436 e. The number of alkyl halides is 3. The van der Waals surface area contributed by atoms with Gasteiger partial charge in [-0.2, -0.15) is 18.3 Å². The molecule has 0 aliphatic heterocycles. The first-order valence-corrected chi connectivity index (χ1v) is 11.5. The molecule has 1 fully saturated rings. The Bertz CT molecular complexity index is 1280. The van der Waals surface area contributed by atoms with E-state index in [0.29, 0.717) is 17.7 Å². The van der Waals surface area contributed by atoms with Gasteiger partial charge in [-0.1, -0.05) is 17.7 Å². The lowest BCUT2D eigenvalue weighted by molar-refractivity contribution is -0.386. The zero-order valence-corrected chi connectivity index (χ0v) is 19.9. The number of carbonyl (C=O) groups excluding carboxylic acids is 1. The standard InChI is InChI=1S/C23H22ClF3N4O5/c1-13-3-7-17(16(11-13)31(33)34)35-12-15-6-8-18(36-15)22(32)28-9-2-10-30-20(14-4-5-14)19(24)21(29-30)23(25,26)27/h3,6-8,11,14H,2,4-5,9-10,12H2,1H3,(H,28,32). The summed E-state index contributed by atoms with van der Waals surface area (Å²) in [6.07, 6.45) is -2.78. The number of halogens is 4. The fraction of sp³-hybridized carbons (Fsp3) is 0.391. The van der Waals surface area contributed by atoms with Gasteiger partial charge in [0.1, 0.15) is 12.4 Å². The Morgan fingerprint density at radius 1 is 1.33 bits per heavy atom. The van der Waals surface area contributed by atoms with Gasteiger partial charge in [-0.3, -0.25) is 19.6 Å². The summed E-state index contributed by atoms with van der Waals surface area (Å²) in [6.45, 7) is 1.94. The van der Waals surface area contributed by atoms with E-state index in [1.165, 1.54) is 28.9 Å². The average Bonchev–Trinajstić information content (AvgIpc) is 3.42. The van der Waals surface area contributed by atoms with Crippen LogP contribution >= 0.6 is 11.6 Å². The smallest absolute Gasteiger partial charge is 0.436 e. The molecule has 0 saturated heterocycles. The molecular weight excluding hydrogens is 505 g/mol. The fourth-order valence-electron chi connectivity index (χ4n) is 3.69. The van der Waals surface area contributed by atoms with Crippen molar-refractivity contribution in [2.24, 2.45) is 0 Å². The first kappa shape index (κ1) is 25.5. The monoisotopic (exact) mass is 526 g/mol. The molecule has 0 atom stereocenters. The average molecular weight is 527 g/mol. The van der Waals surface area contributed by atoms with Crippen LogP contribution in [0.5, 0.6) is 5.75 Å². The molecule has 9 nitrogen and oxygen atoms in total. The molecule has 1 aromatic carbocycles. The number of carbonyl (C=O) groups is 1. The molecular formula is C23H22ClF3N4O5. The molecule has 1 N–H and O–H groups in total. The molecule has 0 radical (unpaired) electrons. The van der Waals surface area contributed by atoms with E-state index in [1.807, 2.05) is 0 Å². The number of amides is 1. The Morgan fingerprint density at radius 2 is 2.08 bits per heavy atom. The lowest BCUT2D eigenvalue weighted by Gasteiger charge is -2.08. The van der Waals surface area contributed by atoms with Gasteiger partial charge in [0.2, 0.25) is 0 Å². The maximum absolute atomic E-state index is 13.2. The molecule has 0 spiro atoms. The second kappa shape index (κ2) is 10.2. The summed E-state index contributed by atoms with van der Waals surface area (Å²) in [5.41, 5.74) is -0.160. The van der Waals surface area contributed by atoms with E-state index in [2.05, 4.69) is 10.4 Å². The maximum atomic E-state index is 13.2. The van der Waals surface area contributed by atoms with E-state index in [-0.39, 0.29) is 53.6 Å². The molecule has 0 bridgehead atoms. The fourth-order valence-corrected chi connectivity index (χ4v) is 4.08. The van der Waals surface area contributed by atoms with Gasteiger partial charge >= 0.3 is 11.9 Å². The molecule has 13 heteroatoms. The van der Waals surface area contributed by atoms with Gasteiger partial charge < -0.3 is 14.5 Å². The summed E-state index contributed by atoms with van der Waals surface area (Å²) in [5.74, 6) is -0.173. The van der Waals surface area contributed by atoms with Gasteiger partial charge in [-0.05, 0) is 49.9 Å². The highest BCUT2D eigenvalue weighted by Crippen LogP contribution is 2.46. The minimum atomic E-state index is -4.63. The molecule has 1 saturated carbocycles. The number of ether oxygens (including phenoxy) is 1. The van der Waals surface area contributed by atoms with E-state index < -0.39 is 22.7 Å². The van der Waals surface area contributed by atoms with Crippen molar-refractivity contribution >= 4 is 23.2 Å². The molecule has 1 aliphatic rings. The van der Waals surface area contributed by atoms with Crippen LogP contribution in [0.4, 0.5) is 18.9 Å². The van der Waals surface area contributed by atoms with Crippen molar-refractivity contribution < 1.29 is 32.0 Å². The summed E-state index contributed by atoms with van der Waals surface area (Å²) in [5, 5.41) is 17.2. The molecule has 36 heavy (non-hydrogen) atoms. The van der Waals surface area contributed by atoms with Crippen molar-refractivity contribution in [3.63, 3.8) is 0 Å². The molecule has 0 unspecified atom stereocenters. The number of rotatable bonds is 10. The van der Waals surface area contributed by atoms with E-state index in [4.69, 9.17) is 20.8 Å². The summed E-state index contributed by atoms with van der Waals surface area (Å²) < 4.78 is 51.7. The van der Waals surface area contributed by atoms with Crippen LogP contribution in [-0.4, -0.2) is 27.2 Å². The van der Waals surface area contributed by atoms with Crippen molar-refractivity contribution in [3.05, 3.63) is 73.9 Å². The van der Waals surface area contributed by atoms with Crippen LogP contribution in [0.1, 0.15) is 58.4 Å². The quantitative estimate of drug-likeness (QED) is 0.208. The number of nitrogens with one attached hydrogen (secondary N) is 1. The van der Waals surface area contributed by atoms with E-state index in [1.54, 1.807) is 13.0 Å². The summed E-state index contributed by atoms with van der Waals surface area (Å²) in [4.78, 5) is 23.0. The minimum absolute atomic E-state index is 0.00664. The van der Waals surface area contributed by atoms with Crippen LogP contribution in [0.3, 0.4) is 0 Å². The van der Waals surface area contributed by atoms with Crippen LogP contribution in [-0.2, 0) is 19.3 Å². The third-order valence-corrected chi connectivity index (χ3v) is 5.94. The number of aromatic nitrogens is 2. The molecule has 2 aromatic heterocycles. The van der Waals surface area contributed by atoms with Crippen LogP contribution in [0.15, 0.2) is 34.7 Å². The highest BCUT2D eigenvalue weighted by Gasteiger charge is 2.41. The minimum Gasteiger partial charge on any atom is -0.479 e. The lowest BCUT2D eigenvalue weighted by Crippen LogP contribution is -2.25. The number of nitro benzene ring substituents is 1. The summed E-state index contributed by atoms with van der Waals surface area (Å²) in [6, 6.07) is 7.51. The number of hydrogen-bond donors (Lipinski definition) is 1. The van der Waals surface area contributed by atoms with Crippen molar-refractivity contribution in [2.75, 3.05) is 6.54 Å². The van der Waals surface area contributed by atoms with Gasteiger partial charge in [-0.25, -0.2) is 0 Å². The van der Waals surface area contributed by atoms with Crippen LogP contribution < -0.4 is 10.1 Å². The Labute approximate surface area is 208 Å². The molecule has 192 valence electrons. The summed E-state index contributed by atoms with van der Waals surface area (Å²) >= 11 is 5.96. The number of furan rings is 1. The Balaban J connectivity index is 1.29. The van der Waals surface area contributed by atoms with E-state index >= 15 is 0 Å². The lowest BCUT2D eigenvalue weighted by atomic mass is 10.2. The molecule has 1 aliphatic carbocycles. The zero-order valence-electron chi connectivity index (χ0n) is 19.1. The van der Waals surface area contributed by atoms with E-state index in [0.717, 1.165) is 12.8 Å². The highest BCUT2D eigenvalue weighted by atomic mass is 35.5. The van der Waals surface area contributed by atoms with Crippen molar-refractivity contribution in [2.45, 2.75) is 51.4 Å². The third kappa shape index (κ3) is 5.81. The Kier molecular flexibility index (Phi) is 7.25. The number of nitrogens with zero attached hydrogens (tertiary/aromatic N) is 3. The van der Waals surface area contributed by atoms with Crippen molar-refractivity contribution in [1.29, 1.82) is 0 Å². The van der Waals surface area contributed by atoms with Gasteiger partial charge in [-0.15, -0.1) is 0 Å². The summed E-state index contributed by atoms with van der Waals surface area (Å²) in [7, 11) is 0. The van der Waals surface area contributed by atoms with Crippen molar-refractivity contribution in [3.8, 4) is 5.75 Å². The number of nitro groups is 1. The van der Waals surface area contributed by atoms with Gasteiger partial charge in [0.15, 0.2) is 17.2 Å². The van der Waals surface area contributed by atoms with Crippen LogP contribution in [0.2, 0.25) is 5.02 Å². The molecule has 2 heterocycles. The molecule has 3 aromatic rings. The number of hydrogen-bond acceptors (Lipinski definition) is 6. The Hall–Kier alpha value is -3.54. The van der Waals surface area contributed by atoms with Gasteiger partial charge in [0, 0.05) is 25.1 Å². The predicted molar refractivity (Wildman–Crippen MR) is 122 cm³/mol. The normalized spacial score (nSPS) is 13.6. The van der Waals surface area contributed by atoms with Gasteiger partial charge in [0.05, 0.1) is 15.6 Å². The van der Waals surface area contributed by atoms with Gasteiger partial charge in [0.25, 0.3) is 5.91 Å². The third-order valence-electron chi connectivity index (χ3n) is 5.56. The largest absolute Gasteiger partial charge is 0.479 e. The van der Waals surface area contributed by atoms with Crippen molar-refractivity contribution in [1.82, 2.24) is 15.1 Å². The predicted octanol–water partition coefficient (Wildman–Crippen LogP) is 5.64. The zero-order chi connectivity index (χ0) is 26.0. The SMILES string of the molecule is Cc1ccc(OCc2ccc(C(=O)NCCCn3nc(C(F)(F)F)c(Cl)c3C3CC3)o2)c([N+](=O)[O-])c1. The van der Waals surface area contributed by atoms with Crippen LogP contribution in [0, 0.1) is 17.0 Å². The first-order valence-electron chi connectivity index (χ1n) is 11.1. The first-order chi connectivity index (χ1) is 17.0. The Morgan fingerprint density at radius 3 is 2.75 bits per heavy atom. The topological polar surface area (TPSA) is 112 Å². The second-order valence-corrected chi connectivity index (χ2v) is 8.81. The van der Waals surface area contributed by atoms with E-state index in [9.17, 15) is 28.1 Å². The molecule has 1 amide bonds. The second-order valence-electron chi connectivity index (χ2n) is 8.44. The molecule has 4 rings (SSSR count). The highest BCUT2D eigenvalue weighted by molar-refractivity contribution is 6.32.